The minimum absolute atomic E-state index is 0.0455. The molecule has 1 atom stereocenters. The van der Waals surface area contributed by atoms with Crippen molar-refractivity contribution in [2.24, 2.45) is 0 Å². The van der Waals surface area contributed by atoms with Gasteiger partial charge in [0.25, 0.3) is 5.95 Å². The molecular formula is C18H14Cl3N5O2S. The van der Waals surface area contributed by atoms with Gasteiger partial charge in [0.2, 0.25) is 16.0 Å². The summed E-state index contributed by atoms with van der Waals surface area (Å²) in [5.41, 5.74) is 2.36. The third-order valence-corrected chi connectivity index (χ3v) is 5.55. The number of nitrogens with one attached hydrogen (secondary N) is 2. The van der Waals surface area contributed by atoms with E-state index in [-0.39, 0.29) is 5.95 Å². The Bertz CT molecular complexity index is 1220. The van der Waals surface area contributed by atoms with Crippen molar-refractivity contribution < 1.29 is 8.42 Å². The molecule has 1 aliphatic rings. The number of rotatable bonds is 4. The second-order valence-electron chi connectivity index (χ2n) is 6.40. The number of halogens is 3. The van der Waals surface area contributed by atoms with E-state index in [0.29, 0.717) is 21.0 Å². The van der Waals surface area contributed by atoms with Gasteiger partial charge in [0, 0.05) is 20.8 Å². The molecule has 0 aliphatic carbocycles. The fraction of sp³-hybridized carbons (Fsp3) is 0.111. The van der Waals surface area contributed by atoms with E-state index >= 15 is 0 Å². The average Bonchev–Trinajstić information content (AvgIpc) is 3.02. The normalized spacial score (nSPS) is 16.0. The zero-order chi connectivity index (χ0) is 20.8. The van der Waals surface area contributed by atoms with E-state index < -0.39 is 16.1 Å². The van der Waals surface area contributed by atoms with Crippen molar-refractivity contribution in [1.82, 2.24) is 14.8 Å². The molecule has 4 rings (SSSR count). The first-order valence-corrected chi connectivity index (χ1v) is 11.4. The van der Waals surface area contributed by atoms with Gasteiger partial charge in [-0.25, -0.2) is 13.1 Å². The Morgan fingerprint density at radius 2 is 1.76 bits per heavy atom. The summed E-state index contributed by atoms with van der Waals surface area (Å²) >= 11 is 18.5. The summed E-state index contributed by atoms with van der Waals surface area (Å²) in [4.78, 5) is 4.27. The lowest BCUT2D eigenvalue weighted by molar-refractivity contribution is 0.603. The zero-order valence-corrected chi connectivity index (χ0v) is 18.0. The number of nitrogens with zero attached hydrogens (tertiary/aromatic N) is 3. The van der Waals surface area contributed by atoms with E-state index in [2.05, 4.69) is 20.1 Å². The van der Waals surface area contributed by atoms with Crippen molar-refractivity contribution in [3.05, 3.63) is 74.7 Å². The second kappa shape index (κ2) is 7.53. The van der Waals surface area contributed by atoms with Gasteiger partial charge < -0.3 is 5.32 Å². The molecule has 2 aromatic carbocycles. The smallest absolute Gasteiger partial charge is 0.257 e. The highest BCUT2D eigenvalue weighted by Gasteiger charge is 2.27. The van der Waals surface area contributed by atoms with Crippen molar-refractivity contribution in [3.63, 3.8) is 0 Å². The number of hydrogen-bond acceptors (Lipinski definition) is 5. The Balaban J connectivity index is 1.84. The Kier molecular flexibility index (Phi) is 5.20. The Hall–Kier alpha value is -2.26. The van der Waals surface area contributed by atoms with Crippen LogP contribution in [-0.2, 0) is 10.0 Å². The van der Waals surface area contributed by atoms with Crippen LogP contribution in [0.2, 0.25) is 15.1 Å². The molecule has 2 heterocycles. The van der Waals surface area contributed by atoms with Gasteiger partial charge in [-0.2, -0.15) is 4.98 Å². The molecule has 2 N–H and O–H groups in total. The topological polar surface area (TPSA) is 88.9 Å². The highest BCUT2D eigenvalue weighted by Crippen LogP contribution is 2.37. The van der Waals surface area contributed by atoms with Gasteiger partial charge in [-0.05, 0) is 41.5 Å². The summed E-state index contributed by atoms with van der Waals surface area (Å²) in [7, 11) is -3.53. The third-order valence-electron chi connectivity index (χ3n) is 4.18. The van der Waals surface area contributed by atoms with Crippen molar-refractivity contribution in [2.75, 3.05) is 16.3 Å². The van der Waals surface area contributed by atoms with Crippen LogP contribution in [0.3, 0.4) is 0 Å². The minimum Gasteiger partial charge on any atom is -0.324 e. The molecule has 0 unspecified atom stereocenters. The molecule has 29 heavy (non-hydrogen) atoms. The van der Waals surface area contributed by atoms with Gasteiger partial charge in [-0.1, -0.05) is 53.0 Å². The number of hydrogen-bond donors (Lipinski definition) is 2. The van der Waals surface area contributed by atoms with Crippen LogP contribution in [-0.4, -0.2) is 29.4 Å². The van der Waals surface area contributed by atoms with Crippen LogP contribution in [0.25, 0.3) is 5.70 Å². The maximum Gasteiger partial charge on any atom is 0.257 e. The SMILES string of the molecule is CS(=O)(=O)Nc1nc2n(n1)[C@H](c1ccc(Cl)cc1Cl)C=C(c1ccc(Cl)cc1)N2. The zero-order valence-electron chi connectivity index (χ0n) is 14.9. The number of sulfonamides is 1. The monoisotopic (exact) mass is 469 g/mol. The van der Waals surface area contributed by atoms with Crippen LogP contribution in [0.1, 0.15) is 17.2 Å². The summed E-state index contributed by atoms with van der Waals surface area (Å²) in [5.74, 6) is 0.315. The molecular weight excluding hydrogens is 457 g/mol. The molecule has 1 aliphatic heterocycles. The lowest BCUT2D eigenvalue weighted by Crippen LogP contribution is -2.20. The minimum atomic E-state index is -3.53. The van der Waals surface area contributed by atoms with Crippen molar-refractivity contribution in [1.29, 1.82) is 0 Å². The molecule has 1 aromatic heterocycles. The van der Waals surface area contributed by atoms with E-state index in [1.165, 1.54) is 0 Å². The van der Waals surface area contributed by atoms with E-state index in [0.717, 1.165) is 23.1 Å². The molecule has 0 saturated heterocycles. The molecule has 11 heteroatoms. The first-order chi connectivity index (χ1) is 13.7. The van der Waals surface area contributed by atoms with E-state index in [1.807, 2.05) is 18.2 Å². The highest BCUT2D eigenvalue weighted by atomic mass is 35.5. The van der Waals surface area contributed by atoms with Gasteiger partial charge in [-0.3, -0.25) is 4.72 Å². The van der Waals surface area contributed by atoms with Gasteiger partial charge >= 0.3 is 0 Å². The largest absolute Gasteiger partial charge is 0.324 e. The summed E-state index contributed by atoms with van der Waals surface area (Å²) in [5, 5.41) is 9.05. The maximum atomic E-state index is 11.6. The van der Waals surface area contributed by atoms with Crippen LogP contribution in [0.5, 0.6) is 0 Å². The van der Waals surface area contributed by atoms with Crippen LogP contribution in [0, 0.1) is 0 Å². The summed E-state index contributed by atoms with van der Waals surface area (Å²) in [6.45, 7) is 0. The molecule has 0 fully saturated rings. The molecule has 150 valence electrons. The number of benzene rings is 2. The lowest BCUT2D eigenvalue weighted by atomic mass is 10.0. The average molecular weight is 471 g/mol. The number of fused-ring (bicyclic) bond motifs is 1. The maximum absolute atomic E-state index is 11.6. The number of allylic oxidation sites excluding steroid dienone is 1. The highest BCUT2D eigenvalue weighted by molar-refractivity contribution is 7.91. The number of aromatic nitrogens is 3. The van der Waals surface area contributed by atoms with E-state index in [9.17, 15) is 8.42 Å². The van der Waals surface area contributed by atoms with E-state index in [1.54, 1.807) is 35.0 Å². The lowest BCUT2D eigenvalue weighted by Gasteiger charge is -2.25. The standard InChI is InChI=1S/C18H14Cl3N5O2S/c1-29(27,28)25-17-23-18-22-15(10-2-4-11(19)5-3-10)9-16(26(18)24-17)13-7-6-12(20)8-14(13)21/h2-9,16H,1H3,(H2,22,23,24,25)/t16-/m0/s1. The summed E-state index contributed by atoms with van der Waals surface area (Å²) in [6.07, 6.45) is 2.95. The Morgan fingerprint density at radius 1 is 1.07 bits per heavy atom. The van der Waals surface area contributed by atoms with Gasteiger partial charge in [0.1, 0.15) is 6.04 Å². The first kappa shape index (κ1) is 20.0. The first-order valence-electron chi connectivity index (χ1n) is 8.34. The third kappa shape index (κ3) is 4.35. The van der Waals surface area contributed by atoms with Crippen LogP contribution in [0.15, 0.2) is 48.5 Å². The molecule has 0 saturated carbocycles. The van der Waals surface area contributed by atoms with Gasteiger partial charge in [0.15, 0.2) is 0 Å². The predicted octanol–water partition coefficient (Wildman–Crippen LogP) is 4.67. The fourth-order valence-corrected chi connectivity index (χ4v) is 4.03. The van der Waals surface area contributed by atoms with Crippen molar-refractivity contribution in [3.8, 4) is 0 Å². The quantitative estimate of drug-likeness (QED) is 0.578. The molecule has 7 nitrogen and oxygen atoms in total. The van der Waals surface area contributed by atoms with Gasteiger partial charge in [0.05, 0.1) is 6.26 Å². The number of anilines is 2. The summed E-state index contributed by atoms with van der Waals surface area (Å²) < 4.78 is 27.0. The van der Waals surface area contributed by atoms with Crippen LogP contribution < -0.4 is 10.0 Å². The Morgan fingerprint density at radius 3 is 2.41 bits per heavy atom. The van der Waals surface area contributed by atoms with Crippen molar-refractivity contribution >= 4 is 62.4 Å². The summed E-state index contributed by atoms with van der Waals surface area (Å²) in [6, 6.07) is 12.0. The van der Waals surface area contributed by atoms with E-state index in [4.69, 9.17) is 34.8 Å². The predicted molar refractivity (Wildman–Crippen MR) is 116 cm³/mol. The fourth-order valence-electron chi connectivity index (χ4n) is 2.96. The molecule has 3 aromatic rings. The van der Waals surface area contributed by atoms with Crippen LogP contribution in [0.4, 0.5) is 11.9 Å². The molecule has 0 radical (unpaired) electrons. The molecule has 0 bridgehead atoms. The molecule has 0 amide bonds. The second-order valence-corrected chi connectivity index (χ2v) is 9.43. The Labute approximate surface area is 182 Å². The van der Waals surface area contributed by atoms with Crippen LogP contribution >= 0.6 is 34.8 Å². The van der Waals surface area contributed by atoms with Crippen molar-refractivity contribution in [2.45, 2.75) is 6.04 Å². The molecule has 0 spiro atoms. The van der Waals surface area contributed by atoms with Gasteiger partial charge in [-0.15, -0.1) is 5.10 Å².